The largest absolute Gasteiger partial charge is 0.250 e. The first-order valence-corrected chi connectivity index (χ1v) is 4.35. The van der Waals surface area contributed by atoms with E-state index in [-0.39, 0.29) is 0 Å². The van der Waals surface area contributed by atoms with Crippen LogP contribution >= 0.6 is 23.5 Å². The van der Waals surface area contributed by atoms with Gasteiger partial charge in [0.15, 0.2) is 0 Å². The Bertz CT molecular complexity index is 63.4. The van der Waals surface area contributed by atoms with Gasteiger partial charge in [0.2, 0.25) is 0 Å². The maximum absolute atomic E-state index is 5.50. The van der Waals surface area contributed by atoms with Gasteiger partial charge in [-0.05, 0) is 12.8 Å². The molecule has 8 heavy (non-hydrogen) atoms. The van der Waals surface area contributed by atoms with E-state index in [4.69, 9.17) is 11.6 Å². The molecule has 0 atom stereocenters. The van der Waals surface area contributed by atoms with E-state index in [0.29, 0.717) is 5.21 Å². The van der Waals surface area contributed by atoms with Crippen LogP contribution < -0.4 is 0 Å². The summed E-state index contributed by atoms with van der Waals surface area (Å²) in [5, 5.41) is 0.708. The van der Waals surface area contributed by atoms with Crippen LogP contribution in [0.5, 0.6) is 0 Å². The van der Waals surface area contributed by atoms with Gasteiger partial charge in [-0.15, -0.1) is 11.6 Å². The van der Waals surface area contributed by atoms with Gasteiger partial charge in [0.25, 0.3) is 0 Å². The van der Waals surface area contributed by atoms with Crippen LogP contribution in [0, 0.1) is 0 Å². The van der Waals surface area contributed by atoms with Crippen LogP contribution in [0.1, 0.15) is 12.8 Å². The number of alkyl halides is 1. The van der Waals surface area contributed by atoms with Gasteiger partial charge >= 0.3 is 0 Å². The van der Waals surface area contributed by atoms with Gasteiger partial charge in [-0.25, -0.2) is 4.31 Å². The van der Waals surface area contributed by atoms with Crippen molar-refractivity contribution in [2.75, 3.05) is 18.3 Å². The van der Waals surface area contributed by atoms with Crippen molar-refractivity contribution in [1.82, 2.24) is 4.31 Å². The number of rotatable bonds is 2. The van der Waals surface area contributed by atoms with Crippen LogP contribution in [0.3, 0.4) is 0 Å². The molecule has 1 saturated heterocycles. The number of nitrogens with zero attached hydrogens (tertiary/aromatic N) is 1. The first kappa shape index (κ1) is 6.72. The molecule has 0 aliphatic carbocycles. The summed E-state index contributed by atoms with van der Waals surface area (Å²) >= 11 is 7.24. The minimum Gasteiger partial charge on any atom is -0.250 e. The van der Waals surface area contributed by atoms with E-state index in [9.17, 15) is 0 Å². The number of hydrogen-bond donors (Lipinski definition) is 0. The zero-order valence-electron chi connectivity index (χ0n) is 4.77. The second-order valence-corrected chi connectivity index (χ2v) is 3.52. The van der Waals surface area contributed by atoms with E-state index in [2.05, 4.69) is 4.31 Å². The number of halogens is 1. The van der Waals surface area contributed by atoms with E-state index in [1.165, 1.54) is 25.9 Å². The molecule has 0 aromatic heterocycles. The Hall–Kier alpha value is 0.600. The molecule has 48 valence electrons. The fourth-order valence-corrected chi connectivity index (χ4v) is 1.95. The molecule has 1 rings (SSSR count). The summed E-state index contributed by atoms with van der Waals surface area (Å²) in [6, 6.07) is 0. The van der Waals surface area contributed by atoms with E-state index in [1.807, 2.05) is 0 Å². The van der Waals surface area contributed by atoms with Gasteiger partial charge < -0.3 is 0 Å². The van der Waals surface area contributed by atoms with Gasteiger partial charge in [-0.3, -0.25) is 0 Å². The first-order chi connectivity index (χ1) is 3.93. The molecule has 1 aliphatic rings. The molecule has 0 saturated carbocycles. The van der Waals surface area contributed by atoms with E-state index in [0.717, 1.165) is 0 Å². The highest BCUT2D eigenvalue weighted by molar-refractivity contribution is 7.98. The molecule has 0 aromatic rings. The Kier molecular flexibility index (Phi) is 3.02. The van der Waals surface area contributed by atoms with Gasteiger partial charge in [0.05, 0.1) is 5.21 Å². The maximum Gasteiger partial charge on any atom is 0.0827 e. The third kappa shape index (κ3) is 1.84. The summed E-state index contributed by atoms with van der Waals surface area (Å²) < 4.78 is 2.33. The molecule has 1 nitrogen and oxygen atoms in total. The standard InChI is InChI=1S/C5H10ClNS/c6-5-8-7-3-1-2-4-7/h1-5H2. The molecule has 0 unspecified atom stereocenters. The van der Waals surface area contributed by atoms with Crippen LogP contribution in [-0.2, 0) is 0 Å². The summed E-state index contributed by atoms with van der Waals surface area (Å²) in [5.74, 6) is 0. The fraction of sp³-hybridized carbons (Fsp3) is 1.00. The van der Waals surface area contributed by atoms with Crippen LogP contribution in [0.4, 0.5) is 0 Å². The van der Waals surface area contributed by atoms with E-state index in [1.54, 1.807) is 11.9 Å². The smallest absolute Gasteiger partial charge is 0.0827 e. The molecule has 0 amide bonds. The predicted molar refractivity (Wildman–Crippen MR) is 39.1 cm³/mol. The van der Waals surface area contributed by atoms with Crippen LogP contribution in [0.2, 0.25) is 0 Å². The lowest BCUT2D eigenvalue weighted by Gasteiger charge is -2.08. The molecular formula is C5H10ClNS. The monoisotopic (exact) mass is 151 g/mol. The summed E-state index contributed by atoms with van der Waals surface area (Å²) in [4.78, 5) is 0. The predicted octanol–water partition coefficient (Wildman–Crippen LogP) is 1.93. The second-order valence-electron chi connectivity index (χ2n) is 1.87. The van der Waals surface area contributed by atoms with E-state index < -0.39 is 0 Å². The molecular weight excluding hydrogens is 142 g/mol. The topological polar surface area (TPSA) is 3.24 Å². The minimum atomic E-state index is 0.708. The van der Waals surface area contributed by atoms with Crippen molar-refractivity contribution in [2.45, 2.75) is 12.8 Å². The molecule has 3 heteroatoms. The summed E-state index contributed by atoms with van der Waals surface area (Å²) in [7, 11) is 0. The van der Waals surface area contributed by atoms with Crippen LogP contribution in [0.25, 0.3) is 0 Å². The van der Waals surface area contributed by atoms with E-state index >= 15 is 0 Å². The Morgan fingerprint density at radius 3 is 2.50 bits per heavy atom. The van der Waals surface area contributed by atoms with Gasteiger partial charge in [0.1, 0.15) is 0 Å². The quantitative estimate of drug-likeness (QED) is 0.438. The van der Waals surface area contributed by atoms with Crippen molar-refractivity contribution in [2.24, 2.45) is 0 Å². The zero-order valence-corrected chi connectivity index (χ0v) is 6.34. The van der Waals surface area contributed by atoms with Crippen molar-refractivity contribution in [3.8, 4) is 0 Å². The third-order valence-electron chi connectivity index (χ3n) is 1.30. The molecule has 0 N–H and O–H groups in total. The highest BCUT2D eigenvalue weighted by Crippen LogP contribution is 2.18. The van der Waals surface area contributed by atoms with Crippen molar-refractivity contribution < 1.29 is 0 Å². The van der Waals surface area contributed by atoms with Crippen molar-refractivity contribution in [3.63, 3.8) is 0 Å². The highest BCUT2D eigenvalue weighted by atomic mass is 35.5. The normalized spacial score (nSPS) is 22.1. The molecule has 0 spiro atoms. The van der Waals surface area contributed by atoms with Gasteiger partial charge in [0, 0.05) is 13.1 Å². The van der Waals surface area contributed by atoms with Gasteiger partial charge in [-0.1, -0.05) is 11.9 Å². The Labute approximate surface area is 59.5 Å². The first-order valence-electron chi connectivity index (χ1n) is 2.87. The molecule has 0 radical (unpaired) electrons. The Morgan fingerprint density at radius 2 is 2.00 bits per heavy atom. The average Bonchev–Trinajstić information content (AvgIpc) is 2.19. The Morgan fingerprint density at radius 1 is 1.38 bits per heavy atom. The SMILES string of the molecule is ClCSN1CCCC1. The summed E-state index contributed by atoms with van der Waals surface area (Å²) in [6.45, 7) is 2.47. The summed E-state index contributed by atoms with van der Waals surface area (Å²) in [6.07, 6.45) is 2.70. The fourth-order valence-electron chi connectivity index (χ4n) is 0.886. The minimum absolute atomic E-state index is 0.708. The highest BCUT2D eigenvalue weighted by Gasteiger charge is 2.09. The Balaban J connectivity index is 2.06. The molecule has 1 fully saturated rings. The summed E-state index contributed by atoms with van der Waals surface area (Å²) in [5.41, 5.74) is 0. The molecule has 1 aliphatic heterocycles. The van der Waals surface area contributed by atoms with Crippen molar-refractivity contribution in [1.29, 1.82) is 0 Å². The number of hydrogen-bond acceptors (Lipinski definition) is 2. The maximum atomic E-state index is 5.50. The second kappa shape index (κ2) is 3.59. The van der Waals surface area contributed by atoms with Crippen LogP contribution in [0.15, 0.2) is 0 Å². The third-order valence-corrected chi connectivity index (χ3v) is 2.42. The molecule has 0 bridgehead atoms. The lowest BCUT2D eigenvalue weighted by Crippen LogP contribution is -2.08. The molecule has 1 heterocycles. The van der Waals surface area contributed by atoms with Crippen molar-refractivity contribution in [3.05, 3.63) is 0 Å². The lowest BCUT2D eigenvalue weighted by atomic mass is 10.4. The average molecular weight is 152 g/mol. The molecule has 0 aromatic carbocycles. The van der Waals surface area contributed by atoms with Crippen LogP contribution in [-0.4, -0.2) is 22.6 Å². The van der Waals surface area contributed by atoms with Crippen molar-refractivity contribution >= 4 is 23.5 Å². The van der Waals surface area contributed by atoms with Gasteiger partial charge in [-0.2, -0.15) is 0 Å². The lowest BCUT2D eigenvalue weighted by molar-refractivity contribution is 0.588. The zero-order chi connectivity index (χ0) is 5.82.